The summed E-state index contributed by atoms with van der Waals surface area (Å²) >= 11 is 0. The van der Waals surface area contributed by atoms with Gasteiger partial charge in [0, 0.05) is 12.1 Å². The minimum absolute atomic E-state index is 0.0163. The number of anilines is 1. The molecule has 2 aromatic carbocycles. The normalized spacial score (nSPS) is 13.7. The maximum absolute atomic E-state index is 12.3. The first-order valence-corrected chi connectivity index (χ1v) is 7.74. The molecule has 3 rings (SSSR count). The third kappa shape index (κ3) is 2.87. The molecule has 6 nitrogen and oxygen atoms in total. The molecule has 0 fully saturated rings. The zero-order chi connectivity index (χ0) is 14.9. The van der Waals surface area contributed by atoms with Crippen molar-refractivity contribution >= 4 is 15.7 Å². The summed E-state index contributed by atoms with van der Waals surface area (Å²) in [6.07, 6.45) is 0. The molecule has 0 atom stereocenters. The lowest BCUT2D eigenvalue weighted by atomic mass is 10.3. The van der Waals surface area contributed by atoms with Gasteiger partial charge in [-0.05, 0) is 24.3 Å². The van der Waals surface area contributed by atoms with Gasteiger partial charge in [-0.15, -0.1) is 0 Å². The number of ether oxygens (including phenoxy) is 2. The molecule has 0 saturated heterocycles. The highest BCUT2D eigenvalue weighted by molar-refractivity contribution is 7.92. The Labute approximate surface area is 122 Å². The lowest BCUT2D eigenvalue weighted by Crippen LogP contribution is -2.17. The highest BCUT2D eigenvalue weighted by Crippen LogP contribution is 2.32. The third-order valence-electron chi connectivity index (χ3n) is 2.92. The second kappa shape index (κ2) is 5.17. The fourth-order valence-electron chi connectivity index (χ4n) is 1.97. The first-order valence-electron chi connectivity index (χ1n) is 6.26. The van der Waals surface area contributed by atoms with Crippen molar-refractivity contribution < 1.29 is 23.0 Å². The van der Waals surface area contributed by atoms with Gasteiger partial charge in [-0.1, -0.05) is 6.07 Å². The highest BCUT2D eigenvalue weighted by atomic mass is 32.2. The summed E-state index contributed by atoms with van der Waals surface area (Å²) in [5.74, 6) is 0.912. The average molecular weight is 307 g/mol. The van der Waals surface area contributed by atoms with Crippen LogP contribution in [-0.2, 0) is 10.0 Å². The van der Waals surface area contributed by atoms with Crippen molar-refractivity contribution in [3.63, 3.8) is 0 Å². The number of aromatic hydroxyl groups is 1. The molecular weight excluding hydrogens is 294 g/mol. The van der Waals surface area contributed by atoms with E-state index in [-0.39, 0.29) is 16.3 Å². The fourth-order valence-corrected chi connectivity index (χ4v) is 3.04. The van der Waals surface area contributed by atoms with Crippen LogP contribution in [-0.4, -0.2) is 26.7 Å². The Hall–Kier alpha value is -2.41. The van der Waals surface area contributed by atoms with Gasteiger partial charge in [-0.2, -0.15) is 0 Å². The van der Waals surface area contributed by atoms with Crippen LogP contribution < -0.4 is 14.2 Å². The number of rotatable bonds is 3. The summed E-state index contributed by atoms with van der Waals surface area (Å²) in [5, 5.41) is 9.37. The van der Waals surface area contributed by atoms with Crippen molar-refractivity contribution in [2.75, 3.05) is 17.9 Å². The number of nitrogens with one attached hydrogen (secondary N) is 1. The van der Waals surface area contributed by atoms with Crippen molar-refractivity contribution in [3.8, 4) is 17.2 Å². The SMILES string of the molecule is O=S(=O)(Nc1cccc(O)c1)c1ccc2c(c1)OCCO2. The predicted molar refractivity (Wildman–Crippen MR) is 76.3 cm³/mol. The van der Waals surface area contributed by atoms with Gasteiger partial charge >= 0.3 is 0 Å². The molecular formula is C14H13NO5S. The molecule has 1 heterocycles. The molecule has 0 radical (unpaired) electrons. The molecule has 110 valence electrons. The Kier molecular flexibility index (Phi) is 3.34. The first-order chi connectivity index (χ1) is 10.0. The average Bonchev–Trinajstić information content (AvgIpc) is 2.46. The number of phenolic OH excluding ortho intramolecular Hbond substituents is 1. The van der Waals surface area contributed by atoms with Crippen LogP contribution in [0.1, 0.15) is 0 Å². The van der Waals surface area contributed by atoms with Gasteiger partial charge in [0.25, 0.3) is 10.0 Å². The predicted octanol–water partition coefficient (Wildman–Crippen LogP) is 1.96. The molecule has 0 bridgehead atoms. The van der Waals surface area contributed by atoms with Gasteiger partial charge in [0.15, 0.2) is 11.5 Å². The fraction of sp³-hybridized carbons (Fsp3) is 0.143. The summed E-state index contributed by atoms with van der Waals surface area (Å²) in [6.45, 7) is 0.830. The van der Waals surface area contributed by atoms with Gasteiger partial charge in [0.2, 0.25) is 0 Å². The molecule has 0 spiro atoms. The number of benzene rings is 2. The molecule has 1 aliphatic rings. The van der Waals surface area contributed by atoms with Crippen LogP contribution in [0.2, 0.25) is 0 Å². The summed E-state index contributed by atoms with van der Waals surface area (Å²) in [5.41, 5.74) is 0.282. The van der Waals surface area contributed by atoms with Crippen LogP contribution in [0, 0.1) is 0 Å². The van der Waals surface area contributed by atoms with E-state index in [1.54, 1.807) is 18.2 Å². The van der Waals surface area contributed by atoms with E-state index < -0.39 is 10.0 Å². The zero-order valence-electron chi connectivity index (χ0n) is 10.9. The van der Waals surface area contributed by atoms with E-state index in [2.05, 4.69) is 4.72 Å². The lowest BCUT2D eigenvalue weighted by molar-refractivity contribution is 0.171. The van der Waals surface area contributed by atoms with E-state index in [0.717, 1.165) is 0 Å². The Morgan fingerprint density at radius 1 is 1.00 bits per heavy atom. The van der Waals surface area contributed by atoms with E-state index in [1.807, 2.05) is 0 Å². The Balaban J connectivity index is 1.91. The van der Waals surface area contributed by atoms with Crippen LogP contribution in [0.25, 0.3) is 0 Å². The summed E-state index contributed by atoms with van der Waals surface area (Å²) in [4.78, 5) is 0.0649. The third-order valence-corrected chi connectivity index (χ3v) is 4.30. The topological polar surface area (TPSA) is 84.9 Å². The van der Waals surface area contributed by atoms with Gasteiger partial charge in [-0.25, -0.2) is 8.42 Å². The van der Waals surface area contributed by atoms with E-state index in [9.17, 15) is 13.5 Å². The number of fused-ring (bicyclic) bond motifs is 1. The molecule has 0 aliphatic carbocycles. The lowest BCUT2D eigenvalue weighted by Gasteiger charge is -2.19. The van der Waals surface area contributed by atoms with Crippen LogP contribution in [0.4, 0.5) is 5.69 Å². The van der Waals surface area contributed by atoms with Crippen molar-refractivity contribution in [1.29, 1.82) is 0 Å². The minimum Gasteiger partial charge on any atom is -0.508 e. The molecule has 1 aliphatic heterocycles. The first kappa shape index (κ1) is 13.6. The summed E-state index contributed by atoms with van der Waals surface area (Å²) < 4.78 is 37.7. The van der Waals surface area contributed by atoms with Gasteiger partial charge in [-0.3, -0.25) is 4.72 Å². The second-order valence-corrected chi connectivity index (χ2v) is 6.14. The number of hydrogen-bond donors (Lipinski definition) is 2. The van der Waals surface area contributed by atoms with E-state index in [4.69, 9.17) is 9.47 Å². The molecule has 0 unspecified atom stereocenters. The Morgan fingerprint density at radius 3 is 2.52 bits per heavy atom. The molecule has 0 aromatic heterocycles. The monoisotopic (exact) mass is 307 g/mol. The Morgan fingerprint density at radius 2 is 1.76 bits per heavy atom. The number of phenols is 1. The van der Waals surface area contributed by atoms with Crippen LogP contribution in [0.5, 0.6) is 17.2 Å². The maximum atomic E-state index is 12.3. The second-order valence-electron chi connectivity index (χ2n) is 4.46. The van der Waals surface area contributed by atoms with E-state index >= 15 is 0 Å². The van der Waals surface area contributed by atoms with Crippen molar-refractivity contribution in [3.05, 3.63) is 42.5 Å². The van der Waals surface area contributed by atoms with Crippen molar-refractivity contribution in [2.24, 2.45) is 0 Å². The van der Waals surface area contributed by atoms with Crippen LogP contribution in [0.15, 0.2) is 47.4 Å². The standard InChI is InChI=1S/C14H13NO5S/c16-11-3-1-2-10(8-11)15-21(17,18)12-4-5-13-14(9-12)20-7-6-19-13/h1-5,8-9,15-16H,6-7H2. The zero-order valence-corrected chi connectivity index (χ0v) is 11.8. The molecule has 7 heteroatoms. The number of sulfonamides is 1. The molecule has 2 aromatic rings. The largest absolute Gasteiger partial charge is 0.508 e. The van der Waals surface area contributed by atoms with Crippen LogP contribution >= 0.6 is 0 Å². The Bertz CT molecular complexity index is 773. The van der Waals surface area contributed by atoms with Gasteiger partial charge in [0.1, 0.15) is 19.0 Å². The molecule has 0 saturated carbocycles. The highest BCUT2D eigenvalue weighted by Gasteiger charge is 2.19. The number of hydrogen-bond acceptors (Lipinski definition) is 5. The van der Waals surface area contributed by atoms with Crippen molar-refractivity contribution in [1.82, 2.24) is 0 Å². The molecule has 21 heavy (non-hydrogen) atoms. The molecule has 2 N–H and O–H groups in total. The minimum atomic E-state index is -3.76. The maximum Gasteiger partial charge on any atom is 0.262 e. The summed E-state index contributed by atoms with van der Waals surface area (Å²) in [6, 6.07) is 10.3. The quantitative estimate of drug-likeness (QED) is 0.905. The van der Waals surface area contributed by atoms with Gasteiger partial charge < -0.3 is 14.6 Å². The van der Waals surface area contributed by atoms with E-state index in [1.165, 1.54) is 24.3 Å². The van der Waals surface area contributed by atoms with E-state index in [0.29, 0.717) is 24.7 Å². The van der Waals surface area contributed by atoms with Crippen molar-refractivity contribution in [2.45, 2.75) is 4.90 Å². The summed E-state index contributed by atoms with van der Waals surface area (Å²) in [7, 11) is -3.76. The molecule has 0 amide bonds. The van der Waals surface area contributed by atoms with Gasteiger partial charge in [0.05, 0.1) is 10.6 Å². The smallest absolute Gasteiger partial charge is 0.262 e. The van der Waals surface area contributed by atoms with Crippen LogP contribution in [0.3, 0.4) is 0 Å².